The molecule has 1 aromatic carbocycles. The van der Waals surface area contributed by atoms with Crippen LogP contribution in [0.25, 0.3) is 0 Å². The molecule has 4 heteroatoms. The Hall–Kier alpha value is -2.10. The number of aryl methyl sites for hydroxylation is 1. The van der Waals surface area contributed by atoms with Crippen LogP contribution in [0, 0.1) is 13.8 Å². The lowest BCUT2D eigenvalue weighted by Gasteiger charge is -2.08. The van der Waals surface area contributed by atoms with Crippen LogP contribution in [0.1, 0.15) is 53.5 Å². The molecule has 0 amide bonds. The zero-order chi connectivity index (χ0) is 16.1. The fourth-order valence-electron chi connectivity index (χ4n) is 2.72. The molecule has 2 rings (SSSR count). The van der Waals surface area contributed by atoms with Crippen LogP contribution in [0.15, 0.2) is 24.3 Å². The normalized spacial score (nSPS) is 10.7. The molecule has 22 heavy (non-hydrogen) atoms. The summed E-state index contributed by atoms with van der Waals surface area (Å²) in [6.45, 7) is 6.13. The summed E-state index contributed by atoms with van der Waals surface area (Å²) in [5.74, 6) is 0.437. The van der Waals surface area contributed by atoms with Crippen molar-refractivity contribution in [3.05, 3.63) is 46.8 Å². The molecule has 0 fully saturated rings. The fraction of sp³-hybridized carbons (Fsp3) is 0.444. The number of aromatic nitrogens is 2. The molecule has 0 spiro atoms. The minimum Gasteiger partial charge on any atom is -0.496 e. The van der Waals surface area contributed by atoms with Crippen LogP contribution >= 0.6 is 0 Å². The molecule has 0 unspecified atom stereocenters. The van der Waals surface area contributed by atoms with Gasteiger partial charge in [-0.3, -0.25) is 4.79 Å². The van der Waals surface area contributed by atoms with Crippen LogP contribution in [0.5, 0.6) is 5.75 Å². The predicted molar refractivity (Wildman–Crippen MR) is 87.7 cm³/mol. The van der Waals surface area contributed by atoms with E-state index in [9.17, 15) is 4.79 Å². The highest BCUT2D eigenvalue weighted by atomic mass is 16.5. The second-order valence-corrected chi connectivity index (χ2v) is 5.52. The van der Waals surface area contributed by atoms with Crippen LogP contribution < -0.4 is 4.74 Å². The van der Waals surface area contributed by atoms with E-state index in [1.807, 2.05) is 26.0 Å². The summed E-state index contributed by atoms with van der Waals surface area (Å²) >= 11 is 0. The van der Waals surface area contributed by atoms with Gasteiger partial charge < -0.3 is 4.74 Å². The summed E-state index contributed by atoms with van der Waals surface area (Å²) in [4.78, 5) is 12.8. The first kappa shape index (κ1) is 16.3. The molecule has 118 valence electrons. The van der Waals surface area contributed by atoms with E-state index >= 15 is 0 Å². The van der Waals surface area contributed by atoms with Crippen molar-refractivity contribution in [2.24, 2.45) is 0 Å². The maximum Gasteiger partial charge on any atom is 0.282 e. The highest BCUT2D eigenvalue weighted by molar-refractivity contribution is 5.98. The third kappa shape index (κ3) is 3.21. The first-order valence-corrected chi connectivity index (χ1v) is 7.83. The topological polar surface area (TPSA) is 44.1 Å². The predicted octanol–water partition coefficient (Wildman–Crippen LogP) is 3.93. The Morgan fingerprint density at radius 2 is 1.95 bits per heavy atom. The average molecular weight is 300 g/mol. The van der Waals surface area contributed by atoms with Gasteiger partial charge in [0.25, 0.3) is 5.91 Å². The SMILES string of the molecule is CCCCCc1c(C)nn(C(=O)c2ccccc2OC)c1C. The lowest BCUT2D eigenvalue weighted by Crippen LogP contribution is -2.16. The van der Waals surface area contributed by atoms with E-state index in [4.69, 9.17) is 4.74 Å². The van der Waals surface area contributed by atoms with E-state index in [0.717, 1.165) is 24.2 Å². The number of para-hydroxylation sites is 1. The maximum absolute atomic E-state index is 12.8. The van der Waals surface area contributed by atoms with E-state index < -0.39 is 0 Å². The number of unbranched alkanes of at least 4 members (excludes halogenated alkanes) is 2. The van der Waals surface area contributed by atoms with Crippen LogP contribution in [0.3, 0.4) is 0 Å². The van der Waals surface area contributed by atoms with Crippen LogP contribution in [0.4, 0.5) is 0 Å². The highest BCUT2D eigenvalue weighted by Gasteiger charge is 2.20. The van der Waals surface area contributed by atoms with E-state index in [-0.39, 0.29) is 5.91 Å². The summed E-state index contributed by atoms with van der Waals surface area (Å²) < 4.78 is 6.79. The largest absolute Gasteiger partial charge is 0.496 e. The molecule has 0 saturated heterocycles. The number of benzene rings is 1. The summed E-state index contributed by atoms with van der Waals surface area (Å²) in [7, 11) is 1.57. The van der Waals surface area contributed by atoms with Crippen molar-refractivity contribution >= 4 is 5.91 Å². The number of nitrogens with zero attached hydrogens (tertiary/aromatic N) is 2. The van der Waals surface area contributed by atoms with Crippen molar-refractivity contribution in [3.63, 3.8) is 0 Å². The Kier molecular flexibility index (Phi) is 5.36. The van der Waals surface area contributed by atoms with Crippen LogP contribution in [-0.4, -0.2) is 22.8 Å². The molecule has 0 bridgehead atoms. The Bertz CT molecular complexity index is 659. The molecular weight excluding hydrogens is 276 g/mol. The van der Waals surface area contributed by atoms with Gasteiger partial charge in [-0.05, 0) is 44.4 Å². The number of carbonyl (C=O) groups excluding carboxylic acids is 1. The van der Waals surface area contributed by atoms with Gasteiger partial charge in [-0.2, -0.15) is 5.10 Å². The van der Waals surface area contributed by atoms with Crippen LogP contribution in [-0.2, 0) is 6.42 Å². The lowest BCUT2D eigenvalue weighted by atomic mass is 10.1. The van der Waals surface area contributed by atoms with Gasteiger partial charge in [-0.25, -0.2) is 4.68 Å². The van der Waals surface area contributed by atoms with Gasteiger partial charge in [0.2, 0.25) is 0 Å². The highest BCUT2D eigenvalue weighted by Crippen LogP contribution is 2.22. The second-order valence-electron chi connectivity index (χ2n) is 5.52. The monoisotopic (exact) mass is 300 g/mol. The third-order valence-electron chi connectivity index (χ3n) is 4.00. The zero-order valence-corrected chi connectivity index (χ0v) is 13.8. The molecule has 0 atom stereocenters. The summed E-state index contributed by atoms with van der Waals surface area (Å²) in [5.41, 5.74) is 3.61. The number of ether oxygens (including phenoxy) is 1. The first-order valence-electron chi connectivity index (χ1n) is 7.83. The molecule has 4 nitrogen and oxygen atoms in total. The van der Waals surface area contributed by atoms with Crippen LogP contribution in [0.2, 0.25) is 0 Å². The minimum absolute atomic E-state index is 0.139. The Labute approximate surface area is 132 Å². The summed E-state index contributed by atoms with van der Waals surface area (Å²) in [5, 5.41) is 4.45. The molecule has 2 aromatic rings. The van der Waals surface area contributed by atoms with E-state index in [2.05, 4.69) is 12.0 Å². The quantitative estimate of drug-likeness (QED) is 0.759. The molecule has 0 aliphatic rings. The standard InChI is InChI=1S/C18H24N2O2/c1-5-6-7-10-15-13(2)19-20(14(15)3)18(21)16-11-8-9-12-17(16)22-4/h8-9,11-12H,5-7,10H2,1-4H3. The fourth-order valence-corrected chi connectivity index (χ4v) is 2.72. The maximum atomic E-state index is 12.8. The van der Waals surface area contributed by atoms with Gasteiger partial charge in [-0.15, -0.1) is 0 Å². The lowest BCUT2D eigenvalue weighted by molar-refractivity contribution is 0.0939. The number of hydrogen-bond donors (Lipinski definition) is 0. The van der Waals surface area contributed by atoms with E-state index in [1.165, 1.54) is 23.1 Å². The van der Waals surface area contributed by atoms with Crippen molar-refractivity contribution in [2.45, 2.75) is 46.5 Å². The Morgan fingerprint density at radius 1 is 1.23 bits per heavy atom. The molecular formula is C18H24N2O2. The van der Waals surface area contributed by atoms with Gasteiger partial charge in [0.05, 0.1) is 18.4 Å². The van der Waals surface area contributed by atoms with E-state index in [1.54, 1.807) is 19.2 Å². The van der Waals surface area contributed by atoms with Gasteiger partial charge in [-0.1, -0.05) is 31.9 Å². The minimum atomic E-state index is -0.139. The molecule has 1 heterocycles. The Morgan fingerprint density at radius 3 is 2.64 bits per heavy atom. The van der Waals surface area contributed by atoms with Crippen molar-refractivity contribution in [1.29, 1.82) is 0 Å². The van der Waals surface area contributed by atoms with E-state index in [0.29, 0.717) is 11.3 Å². The summed E-state index contributed by atoms with van der Waals surface area (Å²) in [6.07, 6.45) is 4.49. The van der Waals surface area contributed by atoms with Gasteiger partial charge in [0.1, 0.15) is 5.75 Å². The number of methoxy groups -OCH3 is 1. The number of rotatable bonds is 6. The molecule has 0 aliphatic carbocycles. The molecule has 0 N–H and O–H groups in total. The number of carbonyl (C=O) groups is 1. The van der Waals surface area contributed by atoms with Crippen molar-refractivity contribution in [3.8, 4) is 5.75 Å². The van der Waals surface area contributed by atoms with Crippen molar-refractivity contribution in [2.75, 3.05) is 7.11 Å². The van der Waals surface area contributed by atoms with Gasteiger partial charge in [0.15, 0.2) is 0 Å². The third-order valence-corrected chi connectivity index (χ3v) is 4.00. The van der Waals surface area contributed by atoms with Gasteiger partial charge >= 0.3 is 0 Å². The molecule has 0 radical (unpaired) electrons. The van der Waals surface area contributed by atoms with Crippen molar-refractivity contribution in [1.82, 2.24) is 9.78 Å². The summed E-state index contributed by atoms with van der Waals surface area (Å²) in [6, 6.07) is 7.26. The Balaban J connectivity index is 2.33. The molecule has 0 aliphatic heterocycles. The molecule has 0 saturated carbocycles. The van der Waals surface area contributed by atoms with Crippen molar-refractivity contribution < 1.29 is 9.53 Å². The smallest absolute Gasteiger partial charge is 0.282 e. The molecule has 1 aromatic heterocycles. The average Bonchev–Trinajstić information content (AvgIpc) is 2.82. The number of hydrogen-bond acceptors (Lipinski definition) is 3. The first-order chi connectivity index (χ1) is 10.6. The van der Waals surface area contributed by atoms with Gasteiger partial charge in [0, 0.05) is 5.69 Å². The second kappa shape index (κ2) is 7.25. The zero-order valence-electron chi connectivity index (χ0n) is 13.8.